The first-order chi connectivity index (χ1) is 11.7. The molecular formula is C14H14O3. The van der Waals surface area contributed by atoms with Gasteiger partial charge in [-0.2, -0.15) is 0 Å². The Morgan fingerprint density at radius 1 is 1.47 bits per heavy atom. The molecule has 0 aromatic heterocycles. The minimum absolute atomic E-state index is 0.0137. The maximum atomic E-state index is 11.4. The van der Waals surface area contributed by atoms with E-state index in [2.05, 4.69) is 0 Å². The van der Waals surface area contributed by atoms with Crippen LogP contribution in [0.1, 0.15) is 30.7 Å². The molecule has 88 valence electrons. The van der Waals surface area contributed by atoms with Crippen LogP contribution < -0.4 is 4.74 Å². The molecule has 1 atom stereocenters. The Labute approximate surface area is 112 Å². The average Bonchev–Trinajstić information content (AvgIpc) is 2.45. The van der Waals surface area contributed by atoms with Crippen LogP contribution in [0.3, 0.4) is 0 Å². The van der Waals surface area contributed by atoms with Crippen molar-refractivity contribution < 1.29 is 27.0 Å². The van der Waals surface area contributed by atoms with E-state index in [1.165, 1.54) is 12.1 Å². The fraction of sp³-hybridized carbons (Fsp3) is 0.214. The molecule has 0 amide bonds. The van der Waals surface area contributed by atoms with Crippen molar-refractivity contribution >= 4 is 16.7 Å². The Bertz CT molecular complexity index is 871. The van der Waals surface area contributed by atoms with Gasteiger partial charge < -0.3 is 9.84 Å². The van der Waals surface area contributed by atoms with Gasteiger partial charge in [-0.3, -0.25) is 4.79 Å². The molecule has 0 aliphatic heterocycles. The molecule has 2 rings (SSSR count). The van der Waals surface area contributed by atoms with Gasteiger partial charge >= 0.3 is 5.97 Å². The summed E-state index contributed by atoms with van der Waals surface area (Å²) in [5.41, 5.74) is -0.584. The summed E-state index contributed by atoms with van der Waals surface area (Å²) in [5.74, 6) is -3.98. The van der Waals surface area contributed by atoms with E-state index in [0.29, 0.717) is 0 Å². The first-order valence-corrected chi connectivity index (χ1v) is 4.69. The second kappa shape index (κ2) is 4.45. The smallest absolute Gasteiger partial charge is 0.310 e. The zero-order chi connectivity index (χ0) is 20.0. The molecular weight excluding hydrogens is 216 g/mol. The van der Waals surface area contributed by atoms with Crippen molar-refractivity contribution in [2.45, 2.75) is 12.8 Å². The molecule has 3 heteroatoms. The lowest BCUT2D eigenvalue weighted by Gasteiger charge is -2.08. The van der Waals surface area contributed by atoms with E-state index in [4.69, 9.17) is 17.1 Å². The lowest BCUT2D eigenvalue weighted by Crippen LogP contribution is -2.06. The number of fused-ring (bicyclic) bond motifs is 1. The second-order valence-corrected chi connectivity index (χ2v) is 3.37. The van der Waals surface area contributed by atoms with Crippen molar-refractivity contribution in [3.63, 3.8) is 0 Å². The van der Waals surface area contributed by atoms with Crippen LogP contribution in [0.25, 0.3) is 10.8 Å². The van der Waals surface area contributed by atoms with Crippen LogP contribution >= 0.6 is 0 Å². The number of rotatable bonds is 3. The highest BCUT2D eigenvalue weighted by Gasteiger charge is 2.13. The maximum Gasteiger partial charge on any atom is 0.310 e. The molecule has 0 heterocycles. The van der Waals surface area contributed by atoms with E-state index in [9.17, 15) is 9.90 Å². The zero-order valence-electron chi connectivity index (χ0n) is 17.6. The van der Waals surface area contributed by atoms with Gasteiger partial charge in [-0.15, -0.1) is 0 Å². The second-order valence-electron chi connectivity index (χ2n) is 3.37. The van der Waals surface area contributed by atoms with Gasteiger partial charge in [-0.05, 0) is 35.3 Å². The highest BCUT2D eigenvalue weighted by atomic mass is 16.5. The number of carboxylic acid groups (broad SMARTS) is 1. The van der Waals surface area contributed by atoms with Crippen molar-refractivity contribution in [1.82, 2.24) is 0 Å². The molecule has 3 nitrogen and oxygen atoms in total. The highest BCUT2D eigenvalue weighted by molar-refractivity contribution is 5.86. The third-order valence-electron chi connectivity index (χ3n) is 2.25. The van der Waals surface area contributed by atoms with Crippen molar-refractivity contribution in [1.29, 1.82) is 0 Å². The quantitative estimate of drug-likeness (QED) is 0.895. The summed E-state index contributed by atoms with van der Waals surface area (Å²) in [7, 11) is -2.74. The number of hydrogen-bond donors (Lipinski definition) is 1. The molecule has 1 N–H and O–H groups in total. The molecule has 0 saturated carbocycles. The van der Waals surface area contributed by atoms with Crippen LogP contribution in [-0.4, -0.2) is 18.1 Å². The molecule has 17 heavy (non-hydrogen) atoms. The minimum atomic E-state index is -3.01. The Morgan fingerprint density at radius 2 is 2.35 bits per heavy atom. The number of hydrogen-bond acceptors (Lipinski definition) is 2. The molecule has 0 spiro atoms. The van der Waals surface area contributed by atoms with E-state index in [1.807, 2.05) is 0 Å². The summed E-state index contributed by atoms with van der Waals surface area (Å²) < 4.78 is 72.4. The van der Waals surface area contributed by atoms with Crippen molar-refractivity contribution in [3.8, 4) is 5.75 Å². The summed E-state index contributed by atoms with van der Waals surface area (Å²) in [6, 6.07) is 1.86. The predicted molar refractivity (Wildman–Crippen MR) is 66.6 cm³/mol. The van der Waals surface area contributed by atoms with E-state index >= 15 is 0 Å². The van der Waals surface area contributed by atoms with Crippen LogP contribution in [0.5, 0.6) is 5.75 Å². The fourth-order valence-electron chi connectivity index (χ4n) is 1.38. The number of carbonyl (C=O) groups is 1. The van der Waals surface area contributed by atoms with Crippen LogP contribution in [0.4, 0.5) is 0 Å². The van der Waals surface area contributed by atoms with Crippen molar-refractivity contribution in [2.24, 2.45) is 0 Å². The molecule has 0 radical (unpaired) electrons. The van der Waals surface area contributed by atoms with Gasteiger partial charge in [-0.25, -0.2) is 0 Å². The van der Waals surface area contributed by atoms with Gasteiger partial charge in [0.15, 0.2) is 0 Å². The third kappa shape index (κ3) is 2.23. The number of aliphatic carboxylic acids is 1. The maximum absolute atomic E-state index is 11.4. The largest absolute Gasteiger partial charge is 0.497 e. The molecule has 2 aromatic rings. The zero-order valence-corrected chi connectivity index (χ0v) is 8.57. The highest BCUT2D eigenvalue weighted by Crippen LogP contribution is 2.25. The monoisotopic (exact) mass is 239 g/mol. The Hall–Kier alpha value is -2.03. The van der Waals surface area contributed by atoms with E-state index in [-0.39, 0.29) is 16.5 Å². The lowest BCUT2D eigenvalue weighted by atomic mass is 9.98. The normalized spacial score (nSPS) is 21.5. The topological polar surface area (TPSA) is 46.5 Å². The van der Waals surface area contributed by atoms with Gasteiger partial charge in [0, 0.05) is 4.11 Å². The fourth-order valence-corrected chi connectivity index (χ4v) is 1.38. The number of benzene rings is 2. The first kappa shape index (κ1) is 4.69. The van der Waals surface area contributed by atoms with Gasteiger partial charge in [0.05, 0.1) is 21.2 Å². The van der Waals surface area contributed by atoms with Gasteiger partial charge in [-0.1, -0.05) is 24.2 Å². The Kier molecular flexibility index (Phi) is 1.23. The van der Waals surface area contributed by atoms with Crippen molar-refractivity contribution in [3.05, 3.63) is 41.9 Å². The van der Waals surface area contributed by atoms with E-state index < -0.39 is 49.5 Å². The van der Waals surface area contributed by atoms with Crippen LogP contribution in [-0.2, 0) is 4.79 Å². The summed E-state index contributed by atoms with van der Waals surface area (Å²) in [6.07, 6.45) is 0. The van der Waals surface area contributed by atoms with Gasteiger partial charge in [0.2, 0.25) is 0 Å². The first-order valence-electron chi connectivity index (χ1n) is 9.19. The minimum Gasteiger partial charge on any atom is -0.497 e. The van der Waals surface area contributed by atoms with Gasteiger partial charge in [0.1, 0.15) is 5.75 Å². The molecule has 0 saturated heterocycles. The SMILES string of the molecule is [2H]c1c(C(C(=O)O)C([2H])([2H])[2H])c([2H])c2ccc(OC([2H])([2H])[2H])cc2c1[2H]. The van der Waals surface area contributed by atoms with Crippen molar-refractivity contribution in [2.75, 3.05) is 7.04 Å². The summed E-state index contributed by atoms with van der Waals surface area (Å²) in [4.78, 5) is 11.4. The summed E-state index contributed by atoms with van der Waals surface area (Å²) in [6.45, 7) is -3.01. The van der Waals surface area contributed by atoms with E-state index in [1.54, 1.807) is 0 Å². The Morgan fingerprint density at radius 3 is 3.06 bits per heavy atom. The summed E-state index contributed by atoms with van der Waals surface area (Å²) >= 11 is 0. The molecule has 0 aliphatic carbocycles. The van der Waals surface area contributed by atoms with Crippen LogP contribution in [0.2, 0.25) is 0 Å². The summed E-state index contributed by atoms with van der Waals surface area (Å²) in [5, 5.41) is 9.28. The number of ether oxygens (including phenoxy) is 1. The standard InChI is InChI=1S/C14H14O3/c1-9(14(15)16)10-3-4-12-8-13(17-2)6-5-11(12)7-10/h3-9H,1-2H3,(H,15,16)/i1D3,2D3,3D,4D,7D. The molecule has 0 fully saturated rings. The molecule has 1 unspecified atom stereocenters. The number of carboxylic acids is 1. The Balaban J connectivity index is 2.77. The third-order valence-corrected chi connectivity index (χ3v) is 2.25. The molecule has 2 aromatic carbocycles. The lowest BCUT2D eigenvalue weighted by molar-refractivity contribution is -0.138. The van der Waals surface area contributed by atoms with Crippen LogP contribution in [0.15, 0.2) is 36.3 Å². The predicted octanol–water partition coefficient (Wildman–Crippen LogP) is 3.04. The molecule has 0 aliphatic rings. The molecule has 0 bridgehead atoms. The van der Waals surface area contributed by atoms with Crippen LogP contribution in [0, 0.1) is 0 Å². The van der Waals surface area contributed by atoms with E-state index in [0.717, 1.165) is 6.07 Å². The van der Waals surface area contributed by atoms with Gasteiger partial charge in [0.25, 0.3) is 0 Å². The number of methoxy groups -OCH3 is 1. The average molecular weight is 239 g/mol.